The van der Waals surface area contributed by atoms with Crippen molar-refractivity contribution in [2.24, 2.45) is 0 Å². The van der Waals surface area contributed by atoms with Gasteiger partial charge < -0.3 is 5.11 Å². The molecular formula is C4H2F7KO. The van der Waals surface area contributed by atoms with E-state index in [1.807, 2.05) is 0 Å². The van der Waals surface area contributed by atoms with Crippen molar-refractivity contribution in [2.75, 3.05) is 6.61 Å². The first-order valence-corrected chi connectivity index (χ1v) is 2.47. The fourth-order valence-corrected chi connectivity index (χ4v) is 0.298. The standard InChI is InChI=1S/C4H2F7O.K/c5-2(6,1-12)3(7,8)4(9,10)11;/h1H2;/q-1;+1. The van der Waals surface area contributed by atoms with Crippen LogP contribution in [0.5, 0.6) is 0 Å². The van der Waals surface area contributed by atoms with Gasteiger partial charge in [0.1, 0.15) is 0 Å². The molecule has 0 aromatic heterocycles. The van der Waals surface area contributed by atoms with E-state index >= 15 is 0 Å². The molecule has 0 rings (SSSR count). The summed E-state index contributed by atoms with van der Waals surface area (Å²) in [4.78, 5) is 0. The summed E-state index contributed by atoms with van der Waals surface area (Å²) >= 11 is 0. The molecule has 9 heteroatoms. The van der Waals surface area contributed by atoms with Gasteiger partial charge in [0.15, 0.2) is 0 Å². The van der Waals surface area contributed by atoms with Gasteiger partial charge in [-0.15, -0.1) is 0 Å². The smallest absolute Gasteiger partial charge is 0.850 e. The minimum absolute atomic E-state index is 0. The van der Waals surface area contributed by atoms with Gasteiger partial charge >= 0.3 is 69.4 Å². The minimum atomic E-state index is -6.40. The molecule has 13 heavy (non-hydrogen) atoms. The molecule has 0 fully saturated rings. The van der Waals surface area contributed by atoms with Crippen LogP contribution in [0, 0.1) is 0 Å². The SMILES string of the molecule is [K+].[O-]CC(F)(F)C(F)(F)C(F)(F)F. The van der Waals surface area contributed by atoms with Crippen LogP contribution in [0.15, 0.2) is 0 Å². The van der Waals surface area contributed by atoms with Crippen LogP contribution < -0.4 is 56.5 Å². The van der Waals surface area contributed by atoms with Crippen molar-refractivity contribution in [1.82, 2.24) is 0 Å². The maximum Gasteiger partial charge on any atom is 1.00 e. The number of halogens is 7. The molecule has 0 aromatic carbocycles. The van der Waals surface area contributed by atoms with Crippen LogP contribution in [0.1, 0.15) is 0 Å². The van der Waals surface area contributed by atoms with E-state index in [0.717, 1.165) is 0 Å². The molecule has 0 aliphatic heterocycles. The average Bonchev–Trinajstić information content (AvgIpc) is 1.85. The summed E-state index contributed by atoms with van der Waals surface area (Å²) in [6.07, 6.45) is -6.40. The van der Waals surface area contributed by atoms with Crippen molar-refractivity contribution in [1.29, 1.82) is 0 Å². The van der Waals surface area contributed by atoms with Gasteiger partial charge in [-0.1, -0.05) is 6.61 Å². The number of hydrogen-bond donors (Lipinski definition) is 0. The zero-order valence-electron chi connectivity index (χ0n) is 6.26. The molecule has 0 aliphatic carbocycles. The normalized spacial score (nSPS) is 13.8. The molecule has 0 radical (unpaired) electrons. The van der Waals surface area contributed by atoms with Gasteiger partial charge in [0.2, 0.25) is 0 Å². The second kappa shape index (κ2) is 4.75. The fraction of sp³-hybridized carbons (Fsp3) is 1.00. The first kappa shape index (κ1) is 16.5. The Morgan fingerprint density at radius 2 is 1.15 bits per heavy atom. The first-order chi connectivity index (χ1) is 5.06. The fourth-order valence-electron chi connectivity index (χ4n) is 0.298. The van der Waals surface area contributed by atoms with Gasteiger partial charge in [-0.3, -0.25) is 0 Å². The Kier molecular flexibility index (Phi) is 6.04. The van der Waals surface area contributed by atoms with Gasteiger partial charge in [0.25, 0.3) is 0 Å². The van der Waals surface area contributed by atoms with Crippen LogP contribution in [0.2, 0.25) is 0 Å². The van der Waals surface area contributed by atoms with E-state index in [2.05, 4.69) is 0 Å². The predicted molar refractivity (Wildman–Crippen MR) is 20.8 cm³/mol. The van der Waals surface area contributed by atoms with Gasteiger partial charge in [0, 0.05) is 0 Å². The Morgan fingerprint density at radius 3 is 1.23 bits per heavy atom. The van der Waals surface area contributed by atoms with Crippen LogP contribution >= 0.6 is 0 Å². The van der Waals surface area contributed by atoms with Gasteiger partial charge in [-0.05, 0) is 0 Å². The summed E-state index contributed by atoms with van der Waals surface area (Å²) in [5.41, 5.74) is 0. The molecule has 0 unspecified atom stereocenters. The molecule has 0 atom stereocenters. The molecule has 0 spiro atoms. The number of alkyl halides is 7. The van der Waals surface area contributed by atoms with E-state index in [-0.39, 0.29) is 51.4 Å². The maximum absolute atomic E-state index is 11.6. The van der Waals surface area contributed by atoms with Crippen molar-refractivity contribution in [3.05, 3.63) is 0 Å². The third-order valence-corrected chi connectivity index (χ3v) is 0.997. The molecule has 1 nitrogen and oxygen atoms in total. The number of rotatable bonds is 2. The van der Waals surface area contributed by atoms with E-state index in [1.54, 1.807) is 0 Å². The Morgan fingerprint density at radius 1 is 0.846 bits per heavy atom. The molecule has 0 aromatic rings. The summed E-state index contributed by atoms with van der Waals surface area (Å²) in [5, 5.41) is 9.31. The van der Waals surface area contributed by atoms with Crippen molar-refractivity contribution in [3.63, 3.8) is 0 Å². The Labute approximate surface area is 111 Å². The molecule has 0 heterocycles. The number of hydrogen-bond acceptors (Lipinski definition) is 1. The molecule has 0 N–H and O–H groups in total. The van der Waals surface area contributed by atoms with Crippen LogP contribution in [-0.4, -0.2) is 24.6 Å². The zero-order chi connectivity index (χ0) is 10.2. The van der Waals surface area contributed by atoms with Gasteiger partial charge in [-0.25, -0.2) is 8.78 Å². The van der Waals surface area contributed by atoms with Gasteiger partial charge in [0.05, 0.1) is 0 Å². The van der Waals surface area contributed by atoms with Crippen molar-refractivity contribution in [2.45, 2.75) is 18.0 Å². The Hall–Kier alpha value is 1.11. The van der Waals surface area contributed by atoms with Crippen molar-refractivity contribution >= 4 is 0 Å². The molecule has 0 bridgehead atoms. The van der Waals surface area contributed by atoms with Crippen LogP contribution in [0.4, 0.5) is 30.7 Å². The van der Waals surface area contributed by atoms with Crippen LogP contribution in [0.3, 0.4) is 0 Å². The summed E-state index contributed by atoms with van der Waals surface area (Å²) in [5.74, 6) is -11.9. The zero-order valence-corrected chi connectivity index (χ0v) is 9.38. The monoisotopic (exact) mass is 238 g/mol. The third kappa shape index (κ3) is 3.31. The van der Waals surface area contributed by atoms with E-state index in [0.29, 0.717) is 0 Å². The minimum Gasteiger partial charge on any atom is -0.850 e. The molecular weight excluding hydrogens is 236 g/mol. The molecule has 0 saturated heterocycles. The van der Waals surface area contributed by atoms with E-state index < -0.39 is 24.6 Å². The topological polar surface area (TPSA) is 23.1 Å². The first-order valence-electron chi connectivity index (χ1n) is 2.47. The third-order valence-electron chi connectivity index (χ3n) is 0.997. The predicted octanol–water partition coefficient (Wildman–Crippen LogP) is -1.82. The second-order valence-corrected chi connectivity index (χ2v) is 1.92. The summed E-state index contributed by atoms with van der Waals surface area (Å²) in [7, 11) is 0. The Bertz CT molecular complexity index is 164. The van der Waals surface area contributed by atoms with E-state index in [9.17, 15) is 35.8 Å². The van der Waals surface area contributed by atoms with E-state index in [1.165, 1.54) is 0 Å². The quantitative estimate of drug-likeness (QED) is 0.410. The maximum atomic E-state index is 11.6. The molecule has 0 saturated carbocycles. The van der Waals surface area contributed by atoms with E-state index in [4.69, 9.17) is 0 Å². The summed E-state index contributed by atoms with van der Waals surface area (Å²) in [6, 6.07) is 0. The Balaban J connectivity index is 0. The van der Waals surface area contributed by atoms with Crippen LogP contribution in [0.25, 0.3) is 0 Å². The van der Waals surface area contributed by atoms with Crippen molar-refractivity contribution in [3.8, 4) is 0 Å². The van der Waals surface area contributed by atoms with Crippen LogP contribution in [-0.2, 0) is 0 Å². The summed E-state index contributed by atoms with van der Waals surface area (Å²) in [6.45, 7) is -2.81. The molecule has 0 aliphatic rings. The van der Waals surface area contributed by atoms with Gasteiger partial charge in [-0.2, -0.15) is 22.0 Å². The average molecular weight is 238 g/mol. The largest absolute Gasteiger partial charge is 1.00 e. The molecule has 0 amide bonds. The second-order valence-electron chi connectivity index (χ2n) is 1.92. The van der Waals surface area contributed by atoms with Crippen molar-refractivity contribution < 1.29 is 87.2 Å². The summed E-state index contributed by atoms with van der Waals surface area (Å²) < 4.78 is 80.0. The molecule has 74 valence electrons.